The van der Waals surface area contributed by atoms with Gasteiger partial charge in [0, 0.05) is 11.6 Å². The standard InChI is InChI=1S/C18H12ClN3O5S2/c19-17-12(9-1-4-13-14(5-9)21-8-20-13)7-16(28-17)29(26,27)22-10-2-3-11(18(24)25)15(23)6-10/h1-8,22-23H,(H,20,21)(H,24,25). The number of rotatable bonds is 5. The van der Waals surface area contributed by atoms with Crippen molar-refractivity contribution >= 4 is 55.7 Å². The minimum Gasteiger partial charge on any atom is -0.507 e. The van der Waals surface area contributed by atoms with E-state index in [2.05, 4.69) is 14.7 Å². The fourth-order valence-electron chi connectivity index (χ4n) is 2.76. The number of aromatic amines is 1. The maximum atomic E-state index is 12.7. The number of anilines is 1. The first kappa shape index (κ1) is 19.2. The van der Waals surface area contributed by atoms with Crippen LogP contribution in [0.25, 0.3) is 22.2 Å². The molecule has 0 saturated carbocycles. The van der Waals surface area contributed by atoms with Crippen LogP contribution in [0.4, 0.5) is 5.69 Å². The lowest BCUT2D eigenvalue weighted by Gasteiger charge is -2.07. The Hall–Kier alpha value is -3.08. The van der Waals surface area contributed by atoms with Crippen molar-refractivity contribution in [2.75, 3.05) is 4.72 Å². The Morgan fingerprint density at radius 3 is 2.69 bits per heavy atom. The number of hydrogen-bond donors (Lipinski definition) is 4. The average Bonchev–Trinajstić information content (AvgIpc) is 3.27. The number of halogens is 1. The first-order valence-electron chi connectivity index (χ1n) is 8.06. The summed E-state index contributed by atoms with van der Waals surface area (Å²) in [5.74, 6) is -1.86. The van der Waals surface area contributed by atoms with Gasteiger partial charge >= 0.3 is 5.97 Å². The Morgan fingerprint density at radius 1 is 1.17 bits per heavy atom. The molecular formula is C18H12ClN3O5S2. The highest BCUT2D eigenvalue weighted by molar-refractivity contribution is 7.94. The summed E-state index contributed by atoms with van der Waals surface area (Å²) < 4.78 is 28.0. The van der Waals surface area contributed by atoms with Crippen LogP contribution in [-0.2, 0) is 10.0 Å². The molecule has 2 aromatic carbocycles. The van der Waals surface area contributed by atoms with Crippen LogP contribution in [0.2, 0.25) is 4.34 Å². The smallest absolute Gasteiger partial charge is 0.339 e. The number of sulfonamides is 1. The van der Waals surface area contributed by atoms with E-state index in [0.29, 0.717) is 9.90 Å². The summed E-state index contributed by atoms with van der Waals surface area (Å²) >= 11 is 7.18. The number of thiophene rings is 1. The van der Waals surface area contributed by atoms with Gasteiger partial charge in [0.05, 0.1) is 23.0 Å². The molecule has 0 bridgehead atoms. The number of benzene rings is 2. The lowest BCUT2D eigenvalue weighted by Crippen LogP contribution is -2.11. The molecule has 0 aliphatic carbocycles. The number of H-pyrrole nitrogens is 1. The molecule has 0 fully saturated rings. The highest BCUT2D eigenvalue weighted by atomic mass is 35.5. The van der Waals surface area contributed by atoms with E-state index in [1.165, 1.54) is 12.1 Å². The molecule has 4 N–H and O–H groups in total. The van der Waals surface area contributed by atoms with Crippen LogP contribution in [0.15, 0.2) is 53.0 Å². The molecule has 0 atom stereocenters. The van der Waals surface area contributed by atoms with Gasteiger partial charge in [-0.05, 0) is 35.9 Å². The van der Waals surface area contributed by atoms with E-state index < -0.39 is 21.7 Å². The zero-order valence-electron chi connectivity index (χ0n) is 14.4. The van der Waals surface area contributed by atoms with Gasteiger partial charge in [-0.25, -0.2) is 18.2 Å². The topological polar surface area (TPSA) is 132 Å². The fourth-order valence-corrected chi connectivity index (χ4v) is 5.58. The highest BCUT2D eigenvalue weighted by Gasteiger charge is 2.22. The molecule has 2 heterocycles. The van der Waals surface area contributed by atoms with Gasteiger partial charge in [0.2, 0.25) is 0 Å². The molecule has 11 heteroatoms. The zero-order valence-corrected chi connectivity index (χ0v) is 16.8. The van der Waals surface area contributed by atoms with Crippen molar-refractivity contribution in [1.82, 2.24) is 9.97 Å². The van der Waals surface area contributed by atoms with Gasteiger partial charge in [0.25, 0.3) is 10.0 Å². The van der Waals surface area contributed by atoms with Crippen LogP contribution in [0.5, 0.6) is 5.75 Å². The molecule has 29 heavy (non-hydrogen) atoms. The summed E-state index contributed by atoms with van der Waals surface area (Å²) in [6.45, 7) is 0. The fraction of sp³-hybridized carbons (Fsp3) is 0. The van der Waals surface area contributed by atoms with Crippen molar-refractivity contribution in [3.05, 3.63) is 58.7 Å². The van der Waals surface area contributed by atoms with Gasteiger partial charge < -0.3 is 15.2 Å². The minimum absolute atomic E-state index is 0.0241. The minimum atomic E-state index is -4.00. The summed E-state index contributed by atoms with van der Waals surface area (Å²) in [6, 6.07) is 10.3. The number of carbonyl (C=O) groups is 1. The highest BCUT2D eigenvalue weighted by Crippen LogP contribution is 2.39. The lowest BCUT2D eigenvalue weighted by molar-refractivity contribution is 0.0694. The van der Waals surface area contributed by atoms with Gasteiger partial charge in [-0.2, -0.15) is 0 Å². The third kappa shape index (κ3) is 3.65. The second-order valence-electron chi connectivity index (χ2n) is 6.03. The largest absolute Gasteiger partial charge is 0.507 e. The van der Waals surface area contributed by atoms with Gasteiger partial charge in [0.15, 0.2) is 0 Å². The monoisotopic (exact) mass is 449 g/mol. The number of nitrogens with one attached hydrogen (secondary N) is 2. The summed E-state index contributed by atoms with van der Waals surface area (Å²) in [6.07, 6.45) is 1.56. The average molecular weight is 450 g/mol. The Balaban J connectivity index is 1.66. The SMILES string of the molecule is O=C(O)c1ccc(NS(=O)(=O)c2cc(-c3ccc4nc[nH]c4c3)c(Cl)s2)cc1O. The van der Waals surface area contributed by atoms with Crippen molar-refractivity contribution in [1.29, 1.82) is 0 Å². The molecule has 0 spiro atoms. The number of phenols is 1. The quantitative estimate of drug-likeness (QED) is 0.362. The Labute approximate surface area is 173 Å². The molecule has 0 amide bonds. The summed E-state index contributed by atoms with van der Waals surface area (Å²) in [5, 5.41) is 18.7. The second kappa shape index (κ2) is 7.07. The van der Waals surface area contributed by atoms with Gasteiger partial charge in [-0.1, -0.05) is 17.7 Å². The molecule has 0 saturated heterocycles. The van der Waals surface area contributed by atoms with Gasteiger partial charge in [-0.15, -0.1) is 11.3 Å². The first-order chi connectivity index (χ1) is 13.7. The molecule has 0 radical (unpaired) electrons. The van der Waals surface area contributed by atoms with E-state index in [-0.39, 0.29) is 15.5 Å². The molecular weight excluding hydrogens is 438 g/mol. The van der Waals surface area contributed by atoms with Crippen molar-refractivity contribution in [2.24, 2.45) is 0 Å². The third-order valence-electron chi connectivity index (χ3n) is 4.14. The van der Waals surface area contributed by atoms with E-state index in [0.717, 1.165) is 40.1 Å². The molecule has 2 aromatic heterocycles. The lowest BCUT2D eigenvalue weighted by atomic mass is 10.1. The summed E-state index contributed by atoms with van der Waals surface area (Å²) in [5.41, 5.74) is 2.55. The second-order valence-corrected chi connectivity index (χ2v) is 9.59. The Morgan fingerprint density at radius 2 is 1.97 bits per heavy atom. The van der Waals surface area contributed by atoms with Crippen LogP contribution < -0.4 is 4.72 Å². The number of nitrogens with zero attached hydrogens (tertiary/aromatic N) is 1. The summed E-state index contributed by atoms with van der Waals surface area (Å²) in [7, 11) is -4.00. The van der Waals surface area contributed by atoms with Crippen LogP contribution >= 0.6 is 22.9 Å². The Bertz CT molecular complexity index is 1360. The van der Waals surface area contributed by atoms with E-state index >= 15 is 0 Å². The van der Waals surface area contributed by atoms with E-state index in [1.54, 1.807) is 18.5 Å². The zero-order chi connectivity index (χ0) is 20.8. The van der Waals surface area contributed by atoms with E-state index in [9.17, 15) is 18.3 Å². The van der Waals surface area contributed by atoms with Gasteiger partial charge in [0.1, 0.15) is 19.9 Å². The van der Waals surface area contributed by atoms with E-state index in [1.807, 2.05) is 6.07 Å². The number of carboxylic acid groups (broad SMARTS) is 1. The first-order valence-corrected chi connectivity index (χ1v) is 10.7. The number of carboxylic acids is 1. The molecule has 4 rings (SSSR count). The number of aromatic hydroxyl groups is 1. The number of imidazole rings is 1. The molecule has 4 aromatic rings. The van der Waals surface area contributed by atoms with Crippen molar-refractivity contribution in [3.8, 4) is 16.9 Å². The number of aromatic carboxylic acids is 1. The van der Waals surface area contributed by atoms with Crippen molar-refractivity contribution in [2.45, 2.75) is 4.21 Å². The van der Waals surface area contributed by atoms with Crippen LogP contribution in [0.3, 0.4) is 0 Å². The summed E-state index contributed by atoms with van der Waals surface area (Å²) in [4.78, 5) is 18.1. The number of aromatic nitrogens is 2. The predicted octanol–water partition coefficient (Wildman–Crippen LogP) is 4.15. The number of hydrogen-bond acceptors (Lipinski definition) is 6. The van der Waals surface area contributed by atoms with Crippen molar-refractivity contribution in [3.63, 3.8) is 0 Å². The molecule has 0 aliphatic heterocycles. The Kier molecular flexibility index (Phi) is 4.69. The van der Waals surface area contributed by atoms with Crippen molar-refractivity contribution < 1.29 is 23.4 Å². The van der Waals surface area contributed by atoms with Crippen LogP contribution in [-0.4, -0.2) is 34.6 Å². The van der Waals surface area contributed by atoms with Gasteiger partial charge in [-0.3, -0.25) is 4.72 Å². The number of fused-ring (bicyclic) bond motifs is 1. The maximum Gasteiger partial charge on any atom is 0.339 e. The molecule has 148 valence electrons. The maximum absolute atomic E-state index is 12.7. The third-order valence-corrected chi connectivity index (χ3v) is 7.35. The molecule has 8 nitrogen and oxygen atoms in total. The van der Waals surface area contributed by atoms with Crippen LogP contribution in [0, 0.1) is 0 Å². The molecule has 0 unspecified atom stereocenters. The van der Waals surface area contributed by atoms with E-state index in [4.69, 9.17) is 16.7 Å². The molecule has 0 aliphatic rings. The normalized spacial score (nSPS) is 11.6. The van der Waals surface area contributed by atoms with Crippen LogP contribution in [0.1, 0.15) is 10.4 Å². The predicted molar refractivity (Wildman–Crippen MR) is 110 cm³/mol.